The van der Waals surface area contributed by atoms with E-state index in [1.165, 1.54) is 25.9 Å². The summed E-state index contributed by atoms with van der Waals surface area (Å²) in [7, 11) is 0. The maximum atomic E-state index is 4.48. The average Bonchev–Trinajstić information content (AvgIpc) is 2.85. The van der Waals surface area contributed by atoms with Gasteiger partial charge in [0, 0.05) is 19.3 Å². The molecule has 1 aliphatic heterocycles. The predicted molar refractivity (Wildman–Crippen MR) is 84.0 cm³/mol. The molecule has 20 heavy (non-hydrogen) atoms. The number of aromatic nitrogens is 3. The summed E-state index contributed by atoms with van der Waals surface area (Å²) < 4.78 is 2.75. The zero-order chi connectivity index (χ0) is 13.9. The van der Waals surface area contributed by atoms with E-state index in [2.05, 4.69) is 43.2 Å². The first-order valence-electron chi connectivity index (χ1n) is 7.19. The van der Waals surface area contributed by atoms with Gasteiger partial charge >= 0.3 is 0 Å². The first-order valence-corrected chi connectivity index (χ1v) is 7.99. The van der Waals surface area contributed by atoms with Gasteiger partial charge in [0.1, 0.15) is 0 Å². The number of likely N-dealkylation sites (tertiary alicyclic amines) is 1. The maximum Gasteiger partial charge on any atom is 0.243 e. The number of halogens is 1. The van der Waals surface area contributed by atoms with Crippen LogP contribution in [-0.4, -0.2) is 45.7 Å². The van der Waals surface area contributed by atoms with Crippen LogP contribution in [0.4, 0.5) is 5.95 Å². The van der Waals surface area contributed by atoms with Gasteiger partial charge in [-0.25, -0.2) is 4.52 Å². The van der Waals surface area contributed by atoms with Crippen molar-refractivity contribution in [3.63, 3.8) is 0 Å². The normalized spacial score (nSPS) is 17.7. The lowest BCUT2D eigenvalue weighted by molar-refractivity contribution is 0.199. The summed E-state index contributed by atoms with van der Waals surface area (Å²) >= 11 is 3.49. The fourth-order valence-electron chi connectivity index (χ4n) is 2.56. The second-order valence-electron chi connectivity index (χ2n) is 5.51. The molecule has 0 radical (unpaired) electrons. The molecule has 0 aliphatic carbocycles. The molecular formula is C14H20BrN5. The Morgan fingerprint density at radius 2 is 2.20 bits per heavy atom. The lowest BCUT2D eigenvalue weighted by atomic mass is 9.99. The second kappa shape index (κ2) is 6.10. The van der Waals surface area contributed by atoms with Crippen LogP contribution < -0.4 is 5.32 Å². The monoisotopic (exact) mass is 337 g/mol. The topological polar surface area (TPSA) is 45.5 Å². The van der Waals surface area contributed by atoms with Crippen LogP contribution in [0.2, 0.25) is 0 Å². The number of anilines is 1. The van der Waals surface area contributed by atoms with Crippen LogP contribution in [0.15, 0.2) is 22.8 Å². The van der Waals surface area contributed by atoms with Gasteiger partial charge in [0.15, 0.2) is 5.65 Å². The highest BCUT2D eigenvalue weighted by atomic mass is 79.9. The van der Waals surface area contributed by atoms with E-state index in [-0.39, 0.29) is 0 Å². The van der Waals surface area contributed by atoms with Crippen molar-refractivity contribution in [3.05, 3.63) is 22.8 Å². The van der Waals surface area contributed by atoms with Crippen LogP contribution in [0, 0.1) is 5.92 Å². The molecule has 5 nitrogen and oxygen atoms in total. The fraction of sp³-hybridized carbons (Fsp3) is 0.571. The first kappa shape index (κ1) is 13.8. The van der Waals surface area contributed by atoms with E-state index in [4.69, 9.17) is 0 Å². The molecule has 0 aromatic carbocycles. The summed E-state index contributed by atoms with van der Waals surface area (Å²) in [5.41, 5.74) is 0.849. The minimum Gasteiger partial charge on any atom is -0.352 e. The zero-order valence-electron chi connectivity index (χ0n) is 11.7. The zero-order valence-corrected chi connectivity index (χ0v) is 13.3. The van der Waals surface area contributed by atoms with Gasteiger partial charge in [-0.3, -0.25) is 0 Å². The Kier molecular flexibility index (Phi) is 4.21. The minimum absolute atomic E-state index is 0.697. The summed E-state index contributed by atoms with van der Waals surface area (Å²) in [6.07, 6.45) is 4.55. The van der Waals surface area contributed by atoms with E-state index >= 15 is 0 Å². The Hall–Kier alpha value is -1.14. The first-order chi connectivity index (χ1) is 9.72. The molecule has 1 N–H and O–H groups in total. The number of hydrogen-bond acceptors (Lipinski definition) is 4. The SMILES string of the molecule is CC1CCN(CCNc2nc3c(Br)cccn3n2)CC1. The lowest BCUT2D eigenvalue weighted by Crippen LogP contribution is -2.36. The van der Waals surface area contributed by atoms with Crippen LogP contribution >= 0.6 is 15.9 Å². The average molecular weight is 338 g/mol. The molecule has 0 bridgehead atoms. The smallest absolute Gasteiger partial charge is 0.243 e. The summed E-state index contributed by atoms with van der Waals surface area (Å²) in [6.45, 7) is 6.72. The second-order valence-corrected chi connectivity index (χ2v) is 6.36. The molecule has 3 rings (SSSR count). The van der Waals surface area contributed by atoms with E-state index in [0.717, 1.165) is 29.1 Å². The molecule has 0 unspecified atom stereocenters. The minimum atomic E-state index is 0.697. The Balaban J connectivity index is 1.53. The third kappa shape index (κ3) is 3.12. The van der Waals surface area contributed by atoms with Crippen LogP contribution in [0.25, 0.3) is 5.65 Å². The van der Waals surface area contributed by atoms with Gasteiger partial charge in [0.2, 0.25) is 5.95 Å². The standard InChI is InChI=1S/C14H20BrN5/c1-11-4-8-19(9-5-11)10-6-16-14-17-13-12(15)3-2-7-20(13)18-14/h2-3,7,11H,4-6,8-10H2,1H3,(H,16,18). The largest absolute Gasteiger partial charge is 0.352 e. The van der Waals surface area contributed by atoms with Gasteiger partial charge in [-0.15, -0.1) is 5.10 Å². The summed E-state index contributed by atoms with van der Waals surface area (Å²) in [6, 6.07) is 3.92. The molecule has 0 amide bonds. The highest BCUT2D eigenvalue weighted by molar-refractivity contribution is 9.10. The number of fused-ring (bicyclic) bond motifs is 1. The van der Waals surface area contributed by atoms with Gasteiger partial charge < -0.3 is 10.2 Å². The Bertz CT molecular complexity index is 574. The molecule has 1 aliphatic rings. The van der Waals surface area contributed by atoms with E-state index < -0.39 is 0 Å². The van der Waals surface area contributed by atoms with Crippen molar-refractivity contribution < 1.29 is 0 Å². The molecule has 3 heterocycles. The van der Waals surface area contributed by atoms with Crippen molar-refractivity contribution in [1.82, 2.24) is 19.5 Å². The number of nitrogens with one attached hydrogen (secondary N) is 1. The van der Waals surface area contributed by atoms with Gasteiger partial charge in [-0.2, -0.15) is 4.98 Å². The molecule has 0 saturated carbocycles. The molecular weight excluding hydrogens is 318 g/mol. The van der Waals surface area contributed by atoms with Crippen LogP contribution in [0.5, 0.6) is 0 Å². The van der Waals surface area contributed by atoms with Crippen molar-refractivity contribution in [2.24, 2.45) is 5.92 Å². The molecule has 1 fully saturated rings. The van der Waals surface area contributed by atoms with Gasteiger partial charge in [-0.05, 0) is 59.9 Å². The van der Waals surface area contributed by atoms with Crippen molar-refractivity contribution in [3.8, 4) is 0 Å². The van der Waals surface area contributed by atoms with Crippen LogP contribution in [0.3, 0.4) is 0 Å². The number of rotatable bonds is 4. The summed E-state index contributed by atoms with van der Waals surface area (Å²) in [4.78, 5) is 6.99. The van der Waals surface area contributed by atoms with Gasteiger partial charge in [0.05, 0.1) is 4.47 Å². The van der Waals surface area contributed by atoms with Crippen molar-refractivity contribution in [2.45, 2.75) is 19.8 Å². The number of hydrogen-bond donors (Lipinski definition) is 1. The highest BCUT2D eigenvalue weighted by Gasteiger charge is 2.15. The number of nitrogens with zero attached hydrogens (tertiary/aromatic N) is 4. The molecule has 108 valence electrons. The fourth-order valence-corrected chi connectivity index (χ4v) is 2.98. The number of piperidine rings is 1. The van der Waals surface area contributed by atoms with E-state index in [0.29, 0.717) is 5.95 Å². The lowest BCUT2D eigenvalue weighted by Gasteiger charge is -2.29. The van der Waals surface area contributed by atoms with Crippen molar-refractivity contribution in [2.75, 3.05) is 31.5 Å². The predicted octanol–water partition coefficient (Wildman–Crippen LogP) is 2.64. The quantitative estimate of drug-likeness (QED) is 0.931. The van der Waals surface area contributed by atoms with Gasteiger partial charge in [0.25, 0.3) is 0 Å². The van der Waals surface area contributed by atoms with Gasteiger partial charge in [-0.1, -0.05) is 6.92 Å². The highest BCUT2D eigenvalue weighted by Crippen LogP contribution is 2.17. The van der Waals surface area contributed by atoms with E-state index in [9.17, 15) is 0 Å². The van der Waals surface area contributed by atoms with Crippen LogP contribution in [0.1, 0.15) is 19.8 Å². The van der Waals surface area contributed by atoms with Crippen molar-refractivity contribution in [1.29, 1.82) is 0 Å². The van der Waals surface area contributed by atoms with E-state index in [1.807, 2.05) is 18.3 Å². The molecule has 0 atom stereocenters. The molecule has 0 spiro atoms. The molecule has 2 aromatic heterocycles. The third-order valence-corrected chi connectivity index (χ3v) is 4.52. The molecule has 6 heteroatoms. The number of pyridine rings is 1. The van der Waals surface area contributed by atoms with Crippen LogP contribution in [-0.2, 0) is 0 Å². The Morgan fingerprint density at radius 1 is 1.40 bits per heavy atom. The van der Waals surface area contributed by atoms with E-state index in [1.54, 1.807) is 4.52 Å². The van der Waals surface area contributed by atoms with Crippen molar-refractivity contribution >= 4 is 27.5 Å². The molecule has 2 aromatic rings. The summed E-state index contributed by atoms with van der Waals surface area (Å²) in [5, 5.41) is 7.73. The maximum absolute atomic E-state index is 4.48. The Labute approximate surface area is 127 Å². The summed E-state index contributed by atoms with van der Waals surface area (Å²) in [5.74, 6) is 1.58. The molecule has 1 saturated heterocycles. The third-order valence-electron chi connectivity index (χ3n) is 3.90. The Morgan fingerprint density at radius 3 is 2.95 bits per heavy atom.